The van der Waals surface area contributed by atoms with Gasteiger partial charge in [0.2, 0.25) is 17.8 Å². The summed E-state index contributed by atoms with van der Waals surface area (Å²) in [6, 6.07) is 8.88. The van der Waals surface area contributed by atoms with Crippen molar-refractivity contribution in [3.8, 4) is 11.7 Å². The highest BCUT2D eigenvalue weighted by atomic mass is 19.3. The Morgan fingerprint density at radius 3 is 2.53 bits per heavy atom. The summed E-state index contributed by atoms with van der Waals surface area (Å²) in [5.41, 5.74) is 2.31. The van der Waals surface area contributed by atoms with Crippen molar-refractivity contribution in [3.05, 3.63) is 48.0 Å². The Morgan fingerprint density at radius 2 is 1.84 bits per heavy atom. The Labute approximate surface area is 218 Å². The lowest BCUT2D eigenvalue weighted by molar-refractivity contribution is 0.122. The Hall–Kier alpha value is -3.97. The van der Waals surface area contributed by atoms with E-state index in [1.165, 1.54) is 11.7 Å². The second-order valence-electron chi connectivity index (χ2n) is 9.01. The maximum absolute atomic E-state index is 14.2. The molecule has 1 saturated heterocycles. The Morgan fingerprint density at radius 1 is 1.05 bits per heavy atom. The number of hydrogen-bond donors (Lipinski definition) is 1. The summed E-state index contributed by atoms with van der Waals surface area (Å²) < 4.78 is 40.4. The van der Waals surface area contributed by atoms with Crippen LogP contribution in [-0.2, 0) is 11.2 Å². The number of likely N-dealkylation sites (N-methyl/N-ethyl adjacent to an activating group) is 1. The van der Waals surface area contributed by atoms with Crippen LogP contribution in [0.15, 0.2) is 36.5 Å². The first-order valence-electron chi connectivity index (χ1n) is 12.2. The van der Waals surface area contributed by atoms with E-state index >= 15 is 0 Å². The van der Waals surface area contributed by atoms with Crippen LogP contribution in [-0.4, -0.2) is 88.4 Å². The van der Waals surface area contributed by atoms with Crippen LogP contribution in [0.5, 0.6) is 5.75 Å². The fourth-order valence-electron chi connectivity index (χ4n) is 4.14. The second-order valence-corrected chi connectivity index (χ2v) is 9.01. The van der Waals surface area contributed by atoms with Gasteiger partial charge in [-0.05, 0) is 38.4 Å². The van der Waals surface area contributed by atoms with Gasteiger partial charge in [0.1, 0.15) is 11.3 Å². The largest absolute Gasteiger partial charge is 0.494 e. The number of ether oxygens (including phenoxy) is 2. The van der Waals surface area contributed by atoms with Crippen LogP contribution in [0.2, 0.25) is 0 Å². The molecule has 1 aliphatic heterocycles. The summed E-state index contributed by atoms with van der Waals surface area (Å²) in [5.74, 6) is 0.460. The summed E-state index contributed by atoms with van der Waals surface area (Å²) in [4.78, 5) is 26.4. The molecule has 1 aromatic carbocycles. The van der Waals surface area contributed by atoms with Gasteiger partial charge in [0.15, 0.2) is 5.82 Å². The molecule has 1 N–H and O–H groups in total. The molecule has 0 radical (unpaired) electrons. The lowest BCUT2D eigenvalue weighted by atomic mass is 10.2. The zero-order valence-corrected chi connectivity index (χ0v) is 21.4. The van der Waals surface area contributed by atoms with Crippen LogP contribution in [0.3, 0.4) is 0 Å². The molecule has 0 bridgehead atoms. The van der Waals surface area contributed by atoms with Gasteiger partial charge in [-0.1, -0.05) is 6.07 Å². The van der Waals surface area contributed by atoms with Gasteiger partial charge in [-0.3, -0.25) is 9.55 Å². The van der Waals surface area contributed by atoms with Gasteiger partial charge in [-0.15, -0.1) is 0 Å². The van der Waals surface area contributed by atoms with E-state index in [-0.39, 0.29) is 11.9 Å². The van der Waals surface area contributed by atoms with Crippen LogP contribution in [0.25, 0.3) is 17.0 Å². The highest BCUT2D eigenvalue weighted by Crippen LogP contribution is 2.32. The zero-order chi connectivity index (χ0) is 26.6. The van der Waals surface area contributed by atoms with Gasteiger partial charge in [-0.2, -0.15) is 15.0 Å². The fourth-order valence-corrected chi connectivity index (χ4v) is 4.14. The van der Waals surface area contributed by atoms with Gasteiger partial charge in [0, 0.05) is 31.7 Å². The van der Waals surface area contributed by atoms with Crippen molar-refractivity contribution in [2.45, 2.75) is 12.8 Å². The second kappa shape index (κ2) is 11.2. The Kier molecular flexibility index (Phi) is 7.56. The molecule has 0 amide bonds. The fraction of sp³-hybridized carbons (Fsp3) is 0.400. The highest BCUT2D eigenvalue weighted by molar-refractivity contribution is 5.84. The average Bonchev–Trinajstić information content (AvgIpc) is 3.33. The number of alkyl halides is 2. The molecule has 1 fully saturated rings. The van der Waals surface area contributed by atoms with Crippen molar-refractivity contribution < 1.29 is 18.3 Å². The summed E-state index contributed by atoms with van der Waals surface area (Å²) in [6.07, 6.45) is -0.353. The molecule has 0 atom stereocenters. The van der Waals surface area contributed by atoms with E-state index in [1.54, 1.807) is 24.4 Å². The van der Waals surface area contributed by atoms with Crippen LogP contribution in [0.1, 0.15) is 17.9 Å². The van der Waals surface area contributed by atoms with Crippen molar-refractivity contribution in [2.75, 3.05) is 64.3 Å². The number of imidazole rings is 1. The summed E-state index contributed by atoms with van der Waals surface area (Å²) in [6.45, 7) is 3.03. The quantitative estimate of drug-likeness (QED) is 0.350. The number of halogens is 2. The van der Waals surface area contributed by atoms with Crippen molar-refractivity contribution >= 4 is 28.6 Å². The van der Waals surface area contributed by atoms with E-state index in [2.05, 4.69) is 35.1 Å². The molecule has 11 nitrogen and oxygen atoms in total. The number of nitrogens with zero attached hydrogens (tertiary/aromatic N) is 8. The highest BCUT2D eigenvalue weighted by Gasteiger charge is 2.25. The molecule has 0 unspecified atom stereocenters. The predicted molar refractivity (Wildman–Crippen MR) is 139 cm³/mol. The monoisotopic (exact) mass is 525 g/mol. The van der Waals surface area contributed by atoms with Gasteiger partial charge in [-0.25, -0.2) is 13.8 Å². The average molecular weight is 526 g/mol. The molecular formula is C25H29F2N9O2. The number of morpholine rings is 1. The number of anilines is 3. The number of hydrogen-bond acceptors (Lipinski definition) is 10. The van der Waals surface area contributed by atoms with Crippen LogP contribution < -0.4 is 15.0 Å². The van der Waals surface area contributed by atoms with Crippen molar-refractivity contribution in [1.29, 1.82) is 0 Å². The third-order valence-corrected chi connectivity index (χ3v) is 6.09. The molecule has 200 valence electrons. The van der Waals surface area contributed by atoms with Gasteiger partial charge >= 0.3 is 0 Å². The third-order valence-electron chi connectivity index (χ3n) is 6.09. The smallest absolute Gasteiger partial charge is 0.296 e. The summed E-state index contributed by atoms with van der Waals surface area (Å²) in [5, 5.41) is 3.16. The first-order chi connectivity index (χ1) is 18.4. The molecule has 4 aromatic rings. The van der Waals surface area contributed by atoms with Gasteiger partial charge in [0.25, 0.3) is 6.43 Å². The lowest BCUT2D eigenvalue weighted by Crippen LogP contribution is -2.37. The van der Waals surface area contributed by atoms with E-state index < -0.39 is 12.2 Å². The van der Waals surface area contributed by atoms with E-state index in [4.69, 9.17) is 9.47 Å². The van der Waals surface area contributed by atoms with E-state index in [0.717, 1.165) is 18.7 Å². The molecule has 1 aliphatic rings. The Bertz CT molecular complexity index is 1390. The number of rotatable bonds is 9. The van der Waals surface area contributed by atoms with Crippen molar-refractivity contribution in [1.82, 2.24) is 34.4 Å². The molecule has 0 spiro atoms. The summed E-state index contributed by atoms with van der Waals surface area (Å²) in [7, 11) is 5.50. The minimum absolute atomic E-state index is 0.0191. The zero-order valence-electron chi connectivity index (χ0n) is 21.4. The number of fused-ring (bicyclic) bond motifs is 1. The topological polar surface area (TPSA) is 106 Å². The number of pyridine rings is 1. The molecule has 5 rings (SSSR count). The van der Waals surface area contributed by atoms with E-state index in [0.29, 0.717) is 54.7 Å². The van der Waals surface area contributed by atoms with Gasteiger partial charge < -0.3 is 24.6 Å². The SMILES string of the molecule is COc1cccc2c1nc(C(F)F)n2-c1nc(Nc2ccc(CCN(C)C)nc2)nc(N2CCOCC2)n1. The summed E-state index contributed by atoms with van der Waals surface area (Å²) >= 11 is 0. The molecule has 38 heavy (non-hydrogen) atoms. The van der Waals surface area contributed by atoms with Crippen molar-refractivity contribution in [3.63, 3.8) is 0 Å². The van der Waals surface area contributed by atoms with Crippen molar-refractivity contribution in [2.24, 2.45) is 0 Å². The van der Waals surface area contributed by atoms with Crippen LogP contribution >= 0.6 is 0 Å². The minimum Gasteiger partial charge on any atom is -0.494 e. The number of aromatic nitrogens is 6. The van der Waals surface area contributed by atoms with E-state index in [1.807, 2.05) is 31.1 Å². The number of methoxy groups -OCH3 is 1. The molecule has 4 heterocycles. The maximum atomic E-state index is 14.2. The molecule has 0 saturated carbocycles. The normalized spacial score (nSPS) is 14.0. The third kappa shape index (κ3) is 5.48. The first kappa shape index (κ1) is 25.7. The van der Waals surface area contributed by atoms with Gasteiger partial charge in [0.05, 0.1) is 37.7 Å². The minimum atomic E-state index is -2.87. The first-order valence-corrected chi connectivity index (χ1v) is 12.2. The molecule has 3 aromatic heterocycles. The van der Waals surface area contributed by atoms with Crippen LogP contribution in [0.4, 0.5) is 26.4 Å². The molecule has 0 aliphatic carbocycles. The number of para-hydroxylation sites is 1. The predicted octanol–water partition coefficient (Wildman–Crippen LogP) is 3.24. The van der Waals surface area contributed by atoms with Crippen LogP contribution in [0, 0.1) is 0 Å². The maximum Gasteiger partial charge on any atom is 0.296 e. The number of nitrogens with one attached hydrogen (secondary N) is 1. The molecule has 13 heteroatoms. The lowest BCUT2D eigenvalue weighted by Gasteiger charge is -2.27. The van der Waals surface area contributed by atoms with E-state index in [9.17, 15) is 8.78 Å². The Balaban J connectivity index is 1.57. The number of benzene rings is 1. The standard InChI is InChI=1S/C25H29F2N9O2/c1-34(2)10-9-16-7-8-17(15-28-16)29-23-31-24(35-11-13-38-14-12-35)33-25(32-23)36-18-5-4-6-19(37-3)20(18)30-22(36)21(26)27/h4-8,15,21H,9-14H2,1-3H3,(H,29,31,32,33). The molecular weight excluding hydrogens is 496 g/mol.